The van der Waals surface area contributed by atoms with Crippen LogP contribution in [0.2, 0.25) is 0 Å². The molecule has 7 nitrogen and oxygen atoms in total. The number of carbonyl (C=O) groups is 2. The number of nitriles is 1. The Balaban J connectivity index is 1.75. The molecule has 0 aliphatic carbocycles. The van der Waals surface area contributed by atoms with Gasteiger partial charge in [-0.25, -0.2) is 18.3 Å². The van der Waals surface area contributed by atoms with Crippen LogP contribution in [-0.4, -0.2) is 26.6 Å². The van der Waals surface area contributed by atoms with Gasteiger partial charge in [0.05, 0.1) is 29.2 Å². The number of nitrogens with one attached hydrogen (secondary N) is 1. The summed E-state index contributed by atoms with van der Waals surface area (Å²) in [5, 5.41) is 16.5. The van der Waals surface area contributed by atoms with Gasteiger partial charge in [-0.3, -0.25) is 9.69 Å². The molecule has 2 heterocycles. The van der Waals surface area contributed by atoms with Crippen molar-refractivity contribution >= 4 is 11.9 Å². The number of carbonyl (C=O) groups excluding carboxylic acids is 2. The van der Waals surface area contributed by atoms with E-state index in [1.54, 1.807) is 31.2 Å². The third-order valence-electron chi connectivity index (χ3n) is 5.32. The third-order valence-corrected chi connectivity index (χ3v) is 5.32. The highest BCUT2D eigenvalue weighted by Gasteiger charge is 2.50. The first-order chi connectivity index (χ1) is 14.8. The van der Waals surface area contributed by atoms with Crippen molar-refractivity contribution in [3.63, 3.8) is 0 Å². The lowest BCUT2D eigenvalue weighted by Crippen LogP contribution is -2.41. The summed E-state index contributed by atoms with van der Waals surface area (Å²) in [6.07, 6.45) is 0. The summed E-state index contributed by atoms with van der Waals surface area (Å²) in [6, 6.07) is 13.1. The molecule has 1 N–H and O–H groups in total. The number of aryl methyl sites for hydroxylation is 1. The molecule has 156 valence electrons. The number of halogens is 2. The van der Waals surface area contributed by atoms with Gasteiger partial charge in [0.25, 0.3) is 5.91 Å². The van der Waals surface area contributed by atoms with Crippen molar-refractivity contribution in [2.45, 2.75) is 25.9 Å². The van der Waals surface area contributed by atoms with Crippen molar-refractivity contribution in [1.29, 1.82) is 5.26 Å². The maximum atomic E-state index is 14.4. The molecule has 1 aromatic heterocycles. The van der Waals surface area contributed by atoms with Gasteiger partial charge in [0.15, 0.2) is 0 Å². The first-order valence-corrected chi connectivity index (χ1v) is 9.40. The van der Waals surface area contributed by atoms with Gasteiger partial charge in [-0.05, 0) is 32.0 Å². The molecule has 1 fully saturated rings. The van der Waals surface area contributed by atoms with Crippen molar-refractivity contribution in [3.05, 3.63) is 82.7 Å². The van der Waals surface area contributed by atoms with Crippen LogP contribution >= 0.6 is 0 Å². The van der Waals surface area contributed by atoms with E-state index in [0.717, 1.165) is 17.0 Å². The highest BCUT2D eigenvalue weighted by molar-refractivity contribution is 6.07. The lowest BCUT2D eigenvalue weighted by Gasteiger charge is -2.23. The Morgan fingerprint density at radius 2 is 1.87 bits per heavy atom. The van der Waals surface area contributed by atoms with Crippen molar-refractivity contribution in [3.8, 4) is 11.8 Å². The topological polar surface area (TPSA) is 91.0 Å². The van der Waals surface area contributed by atoms with E-state index >= 15 is 0 Å². The Bertz CT molecular complexity index is 1250. The molecular formula is C22H17F2N5O2. The molecule has 31 heavy (non-hydrogen) atoms. The first-order valence-electron chi connectivity index (χ1n) is 9.40. The first kappa shape index (κ1) is 20.2. The van der Waals surface area contributed by atoms with Crippen molar-refractivity contribution in [2.24, 2.45) is 0 Å². The molecule has 9 heteroatoms. The van der Waals surface area contributed by atoms with Crippen LogP contribution in [0.15, 0.2) is 48.5 Å². The molecule has 1 aliphatic rings. The van der Waals surface area contributed by atoms with E-state index in [1.165, 1.54) is 11.6 Å². The quantitative estimate of drug-likeness (QED) is 0.655. The predicted molar refractivity (Wildman–Crippen MR) is 106 cm³/mol. The van der Waals surface area contributed by atoms with Crippen LogP contribution in [0.1, 0.15) is 29.4 Å². The summed E-state index contributed by atoms with van der Waals surface area (Å²) in [4.78, 5) is 26.8. The van der Waals surface area contributed by atoms with E-state index < -0.39 is 29.1 Å². The molecule has 0 spiro atoms. The number of urea groups is 1. The Kier molecular flexibility index (Phi) is 4.78. The minimum atomic E-state index is -1.71. The summed E-state index contributed by atoms with van der Waals surface area (Å²) in [7, 11) is 0. The molecule has 2 aromatic carbocycles. The molecule has 4 rings (SSSR count). The van der Waals surface area contributed by atoms with E-state index in [9.17, 15) is 23.6 Å². The zero-order valence-corrected chi connectivity index (χ0v) is 16.7. The van der Waals surface area contributed by atoms with Gasteiger partial charge in [0.1, 0.15) is 23.2 Å². The molecule has 1 unspecified atom stereocenters. The number of nitrogens with zero attached hydrogens (tertiary/aromatic N) is 4. The van der Waals surface area contributed by atoms with Gasteiger partial charge < -0.3 is 5.32 Å². The van der Waals surface area contributed by atoms with Crippen LogP contribution in [0.5, 0.6) is 0 Å². The Morgan fingerprint density at radius 3 is 2.52 bits per heavy atom. The lowest BCUT2D eigenvalue weighted by molar-refractivity contribution is -0.131. The Hall–Kier alpha value is -4.06. The maximum Gasteiger partial charge on any atom is 0.325 e. The minimum Gasteiger partial charge on any atom is -0.319 e. The zero-order valence-electron chi connectivity index (χ0n) is 16.7. The number of imide groups is 1. The van der Waals surface area contributed by atoms with Crippen LogP contribution in [0.25, 0.3) is 5.69 Å². The van der Waals surface area contributed by atoms with Crippen molar-refractivity contribution in [1.82, 2.24) is 20.0 Å². The SMILES string of the molecule is Cc1nn(-c2ccccc2)c(CN2C(=O)NC(C)(c3ccc(F)cc3F)C2=O)c1C#N. The minimum absolute atomic E-state index is 0.150. The smallest absolute Gasteiger partial charge is 0.319 e. The van der Waals surface area contributed by atoms with E-state index in [4.69, 9.17) is 0 Å². The second kappa shape index (κ2) is 7.32. The number of benzene rings is 2. The normalized spacial score (nSPS) is 18.2. The van der Waals surface area contributed by atoms with Gasteiger partial charge in [-0.1, -0.05) is 24.3 Å². The fraction of sp³-hybridized carbons (Fsp3) is 0.182. The number of rotatable bonds is 4. The summed E-state index contributed by atoms with van der Waals surface area (Å²) in [6.45, 7) is 2.77. The fourth-order valence-electron chi connectivity index (χ4n) is 3.72. The second-order valence-corrected chi connectivity index (χ2v) is 7.34. The van der Waals surface area contributed by atoms with Crippen LogP contribution in [0.3, 0.4) is 0 Å². The molecular weight excluding hydrogens is 404 g/mol. The molecule has 1 aliphatic heterocycles. The highest BCUT2D eigenvalue weighted by Crippen LogP contribution is 2.32. The highest BCUT2D eigenvalue weighted by atomic mass is 19.1. The largest absolute Gasteiger partial charge is 0.325 e. The lowest BCUT2D eigenvalue weighted by atomic mass is 9.91. The molecule has 0 radical (unpaired) electrons. The van der Waals surface area contributed by atoms with Gasteiger partial charge in [0.2, 0.25) is 0 Å². The monoisotopic (exact) mass is 421 g/mol. The second-order valence-electron chi connectivity index (χ2n) is 7.34. The molecule has 3 amide bonds. The van der Waals surface area contributed by atoms with Crippen LogP contribution < -0.4 is 5.32 Å². The molecule has 1 atom stereocenters. The van der Waals surface area contributed by atoms with Crippen LogP contribution in [0, 0.1) is 29.9 Å². The van der Waals surface area contributed by atoms with Gasteiger partial charge >= 0.3 is 6.03 Å². The summed E-state index contributed by atoms with van der Waals surface area (Å²) in [5.41, 5.74) is -0.177. The zero-order chi connectivity index (χ0) is 22.3. The van der Waals surface area contributed by atoms with E-state index in [1.807, 2.05) is 6.07 Å². The number of hydrogen-bond acceptors (Lipinski definition) is 4. The fourth-order valence-corrected chi connectivity index (χ4v) is 3.72. The molecule has 0 bridgehead atoms. The number of amides is 3. The predicted octanol–water partition coefficient (Wildman–Crippen LogP) is 3.30. The Labute approximate surface area is 176 Å². The van der Waals surface area contributed by atoms with Crippen molar-refractivity contribution < 1.29 is 18.4 Å². The molecule has 1 saturated heterocycles. The number of hydrogen-bond donors (Lipinski definition) is 1. The van der Waals surface area contributed by atoms with Crippen molar-refractivity contribution in [2.75, 3.05) is 0 Å². The average Bonchev–Trinajstić information content (AvgIpc) is 3.17. The van der Waals surface area contributed by atoms with Gasteiger partial charge in [-0.15, -0.1) is 0 Å². The average molecular weight is 421 g/mol. The standard InChI is InChI=1S/C22H17F2N5O2/c1-13-16(11-25)19(29(27-13)15-6-4-3-5-7-15)12-28-20(30)22(2,26-21(28)31)17-9-8-14(23)10-18(17)24/h3-10H,12H2,1-2H3,(H,26,31). The number of aromatic nitrogens is 2. The molecule has 3 aromatic rings. The Morgan fingerprint density at radius 1 is 1.16 bits per heavy atom. The van der Waals surface area contributed by atoms with Gasteiger partial charge in [0, 0.05) is 11.6 Å². The van der Waals surface area contributed by atoms with E-state index in [-0.39, 0.29) is 17.7 Å². The maximum absolute atomic E-state index is 14.4. The van der Waals surface area contributed by atoms with Gasteiger partial charge in [-0.2, -0.15) is 10.4 Å². The summed E-state index contributed by atoms with van der Waals surface area (Å²) < 4.78 is 29.2. The molecule has 0 saturated carbocycles. The van der Waals surface area contributed by atoms with E-state index in [2.05, 4.69) is 16.5 Å². The van der Waals surface area contributed by atoms with Crippen LogP contribution in [0.4, 0.5) is 13.6 Å². The van der Waals surface area contributed by atoms with Crippen LogP contribution in [-0.2, 0) is 16.9 Å². The third kappa shape index (κ3) is 3.22. The summed E-state index contributed by atoms with van der Waals surface area (Å²) >= 11 is 0. The summed E-state index contributed by atoms with van der Waals surface area (Å²) in [5.74, 6) is -2.45. The van der Waals surface area contributed by atoms with E-state index in [0.29, 0.717) is 23.1 Å². The number of para-hydroxylation sites is 1.